The summed E-state index contributed by atoms with van der Waals surface area (Å²) in [6, 6.07) is 10.2. The highest BCUT2D eigenvalue weighted by Crippen LogP contribution is 2.10. The van der Waals surface area contributed by atoms with Gasteiger partial charge < -0.3 is 5.32 Å². The lowest BCUT2D eigenvalue weighted by molar-refractivity contribution is 0.619. The van der Waals surface area contributed by atoms with Gasteiger partial charge in [-0.2, -0.15) is 5.26 Å². The van der Waals surface area contributed by atoms with Crippen LogP contribution in [0.2, 0.25) is 0 Å². The van der Waals surface area contributed by atoms with E-state index in [1.807, 2.05) is 12.1 Å². The maximum Gasteiger partial charge on any atom is 0.123 e. The maximum atomic E-state index is 13.1. The SMILES string of the molecule is N#Cc1ccc(F)cc1CNCCc1ccncc1. The Bertz CT molecular complexity index is 576. The van der Waals surface area contributed by atoms with Crippen LogP contribution in [0.5, 0.6) is 0 Å². The molecule has 0 bridgehead atoms. The Hall–Kier alpha value is -2.25. The normalized spacial score (nSPS) is 10.1. The summed E-state index contributed by atoms with van der Waals surface area (Å²) in [6.07, 6.45) is 4.39. The molecule has 3 nitrogen and oxygen atoms in total. The number of hydrogen-bond acceptors (Lipinski definition) is 3. The van der Waals surface area contributed by atoms with Crippen molar-refractivity contribution >= 4 is 0 Å². The summed E-state index contributed by atoms with van der Waals surface area (Å²) < 4.78 is 13.1. The van der Waals surface area contributed by atoms with Gasteiger partial charge in [0.1, 0.15) is 5.82 Å². The highest BCUT2D eigenvalue weighted by Gasteiger charge is 2.03. The van der Waals surface area contributed by atoms with Crippen LogP contribution in [0.25, 0.3) is 0 Å². The molecule has 0 radical (unpaired) electrons. The van der Waals surface area contributed by atoms with Gasteiger partial charge in [0.2, 0.25) is 0 Å². The van der Waals surface area contributed by atoms with Crippen LogP contribution in [0.1, 0.15) is 16.7 Å². The van der Waals surface area contributed by atoms with Gasteiger partial charge in [0, 0.05) is 18.9 Å². The first kappa shape index (κ1) is 13.2. The summed E-state index contributed by atoms with van der Waals surface area (Å²) in [5.74, 6) is -0.315. The van der Waals surface area contributed by atoms with Gasteiger partial charge in [0.15, 0.2) is 0 Å². The van der Waals surface area contributed by atoms with Crippen LogP contribution in [-0.2, 0) is 13.0 Å². The van der Waals surface area contributed by atoms with Crippen molar-refractivity contribution in [2.45, 2.75) is 13.0 Å². The van der Waals surface area contributed by atoms with Gasteiger partial charge in [0.05, 0.1) is 11.6 Å². The zero-order valence-electron chi connectivity index (χ0n) is 10.4. The molecule has 4 heteroatoms. The molecule has 0 saturated carbocycles. The summed E-state index contributed by atoms with van der Waals surface area (Å²) >= 11 is 0. The first-order chi connectivity index (χ1) is 9.29. The number of rotatable bonds is 5. The zero-order chi connectivity index (χ0) is 13.5. The fourth-order valence-electron chi connectivity index (χ4n) is 1.82. The van der Waals surface area contributed by atoms with E-state index >= 15 is 0 Å². The van der Waals surface area contributed by atoms with Crippen LogP contribution >= 0.6 is 0 Å². The van der Waals surface area contributed by atoms with Crippen molar-refractivity contribution in [3.05, 3.63) is 65.2 Å². The molecule has 0 amide bonds. The minimum Gasteiger partial charge on any atom is -0.312 e. The Kier molecular flexibility index (Phi) is 4.60. The second-order valence-electron chi connectivity index (χ2n) is 4.20. The van der Waals surface area contributed by atoms with E-state index in [1.54, 1.807) is 12.4 Å². The molecule has 0 aliphatic rings. The monoisotopic (exact) mass is 255 g/mol. The van der Waals surface area contributed by atoms with Gasteiger partial charge in [-0.1, -0.05) is 0 Å². The molecule has 0 aliphatic heterocycles. The molecule has 96 valence electrons. The van der Waals surface area contributed by atoms with Crippen LogP contribution in [0.15, 0.2) is 42.7 Å². The van der Waals surface area contributed by atoms with Gasteiger partial charge in [-0.15, -0.1) is 0 Å². The van der Waals surface area contributed by atoms with Gasteiger partial charge in [-0.05, 0) is 54.4 Å². The summed E-state index contributed by atoms with van der Waals surface area (Å²) in [7, 11) is 0. The molecule has 2 rings (SSSR count). The van der Waals surface area contributed by atoms with E-state index < -0.39 is 0 Å². The third-order valence-electron chi connectivity index (χ3n) is 2.84. The van der Waals surface area contributed by atoms with Crippen molar-refractivity contribution in [2.75, 3.05) is 6.54 Å². The lowest BCUT2D eigenvalue weighted by Crippen LogP contribution is -2.17. The number of nitriles is 1. The number of pyridine rings is 1. The largest absolute Gasteiger partial charge is 0.312 e. The van der Waals surface area contributed by atoms with Crippen molar-refractivity contribution < 1.29 is 4.39 Å². The fourth-order valence-corrected chi connectivity index (χ4v) is 1.82. The summed E-state index contributed by atoms with van der Waals surface area (Å²) in [6.45, 7) is 1.26. The summed E-state index contributed by atoms with van der Waals surface area (Å²) in [5.41, 5.74) is 2.40. The standard InChI is InChI=1S/C15H14FN3/c16-15-2-1-13(10-17)14(9-15)11-19-8-5-12-3-6-18-7-4-12/h1-4,6-7,9,19H,5,8,11H2. The van der Waals surface area contributed by atoms with Crippen molar-refractivity contribution in [3.63, 3.8) is 0 Å². The Morgan fingerprint density at radius 1 is 1.21 bits per heavy atom. The Morgan fingerprint density at radius 2 is 2.00 bits per heavy atom. The highest BCUT2D eigenvalue weighted by molar-refractivity contribution is 5.37. The van der Waals surface area contributed by atoms with Crippen LogP contribution in [-0.4, -0.2) is 11.5 Å². The van der Waals surface area contributed by atoms with Crippen LogP contribution in [0.3, 0.4) is 0 Å². The molecule has 0 spiro atoms. The smallest absolute Gasteiger partial charge is 0.123 e. The van der Waals surface area contributed by atoms with E-state index in [4.69, 9.17) is 5.26 Å². The Balaban J connectivity index is 1.86. The second-order valence-corrected chi connectivity index (χ2v) is 4.20. The van der Waals surface area contributed by atoms with Crippen LogP contribution < -0.4 is 5.32 Å². The fraction of sp³-hybridized carbons (Fsp3) is 0.200. The molecule has 19 heavy (non-hydrogen) atoms. The van der Waals surface area contributed by atoms with E-state index in [9.17, 15) is 4.39 Å². The first-order valence-corrected chi connectivity index (χ1v) is 6.08. The lowest BCUT2D eigenvalue weighted by atomic mass is 10.1. The number of nitrogens with one attached hydrogen (secondary N) is 1. The molecular weight excluding hydrogens is 241 g/mol. The van der Waals surface area contributed by atoms with E-state index in [-0.39, 0.29) is 5.82 Å². The van der Waals surface area contributed by atoms with E-state index in [1.165, 1.54) is 23.8 Å². The molecule has 0 fully saturated rings. The third-order valence-corrected chi connectivity index (χ3v) is 2.84. The second kappa shape index (κ2) is 6.62. The number of nitrogens with zero attached hydrogens (tertiary/aromatic N) is 2. The van der Waals surface area contributed by atoms with Crippen molar-refractivity contribution in [2.24, 2.45) is 0 Å². The Morgan fingerprint density at radius 3 is 2.74 bits per heavy atom. The predicted octanol–water partition coefficient (Wildman–Crippen LogP) is 2.42. The number of benzene rings is 1. The minimum absolute atomic E-state index is 0.315. The van der Waals surface area contributed by atoms with Crippen LogP contribution in [0, 0.1) is 17.1 Å². The predicted molar refractivity (Wildman–Crippen MR) is 70.8 cm³/mol. The molecule has 1 aromatic heterocycles. The van der Waals surface area contributed by atoms with Crippen molar-refractivity contribution in [1.29, 1.82) is 5.26 Å². The molecule has 1 heterocycles. The van der Waals surface area contributed by atoms with Crippen LogP contribution in [0.4, 0.5) is 4.39 Å². The van der Waals surface area contributed by atoms with Gasteiger partial charge in [-0.3, -0.25) is 4.98 Å². The Labute approximate surface area is 111 Å². The minimum atomic E-state index is -0.315. The molecule has 0 aliphatic carbocycles. The third kappa shape index (κ3) is 3.87. The van der Waals surface area contributed by atoms with E-state index in [0.717, 1.165) is 13.0 Å². The average Bonchev–Trinajstić information content (AvgIpc) is 2.45. The van der Waals surface area contributed by atoms with Gasteiger partial charge >= 0.3 is 0 Å². The summed E-state index contributed by atoms with van der Waals surface area (Å²) in [4.78, 5) is 3.96. The first-order valence-electron chi connectivity index (χ1n) is 6.08. The zero-order valence-corrected chi connectivity index (χ0v) is 10.4. The van der Waals surface area contributed by atoms with Gasteiger partial charge in [-0.25, -0.2) is 4.39 Å². The number of halogens is 1. The van der Waals surface area contributed by atoms with E-state index in [2.05, 4.69) is 16.4 Å². The number of hydrogen-bond donors (Lipinski definition) is 1. The molecule has 0 atom stereocenters. The summed E-state index contributed by atoms with van der Waals surface area (Å²) in [5, 5.41) is 12.2. The molecular formula is C15H14FN3. The van der Waals surface area contributed by atoms with Crippen molar-refractivity contribution in [1.82, 2.24) is 10.3 Å². The molecule has 2 aromatic rings. The number of aromatic nitrogens is 1. The average molecular weight is 255 g/mol. The topological polar surface area (TPSA) is 48.7 Å². The van der Waals surface area contributed by atoms with Crippen molar-refractivity contribution in [3.8, 4) is 6.07 Å². The lowest BCUT2D eigenvalue weighted by Gasteiger charge is -2.07. The molecule has 1 aromatic carbocycles. The molecule has 1 N–H and O–H groups in total. The highest BCUT2D eigenvalue weighted by atomic mass is 19.1. The maximum absolute atomic E-state index is 13.1. The molecule has 0 saturated heterocycles. The van der Waals surface area contributed by atoms with Gasteiger partial charge in [0.25, 0.3) is 0 Å². The van der Waals surface area contributed by atoms with E-state index in [0.29, 0.717) is 17.7 Å². The molecule has 0 unspecified atom stereocenters. The quantitative estimate of drug-likeness (QED) is 0.835.